The molecule has 19 heavy (non-hydrogen) atoms. The number of nitrogens with one attached hydrogen (secondary N) is 1. The Hall–Kier alpha value is -0.120. The van der Waals surface area contributed by atoms with Crippen molar-refractivity contribution in [2.24, 2.45) is 17.8 Å². The van der Waals surface area contributed by atoms with Gasteiger partial charge >= 0.3 is 0 Å². The molecule has 3 nitrogen and oxygen atoms in total. The first-order chi connectivity index (χ1) is 9.22. The van der Waals surface area contributed by atoms with Crippen LogP contribution in [0.5, 0.6) is 0 Å². The van der Waals surface area contributed by atoms with Crippen LogP contribution in [-0.2, 0) is 0 Å². The van der Waals surface area contributed by atoms with E-state index >= 15 is 0 Å². The van der Waals surface area contributed by atoms with Crippen LogP contribution in [-0.4, -0.2) is 49.3 Å². The summed E-state index contributed by atoms with van der Waals surface area (Å²) in [6.45, 7) is 5.83. The summed E-state index contributed by atoms with van der Waals surface area (Å²) < 4.78 is 0. The highest BCUT2D eigenvalue weighted by atomic mass is 16.3. The third-order valence-corrected chi connectivity index (χ3v) is 5.19. The molecular formula is C16H32N2O. The maximum atomic E-state index is 9.35. The van der Waals surface area contributed by atoms with Crippen LogP contribution >= 0.6 is 0 Å². The van der Waals surface area contributed by atoms with E-state index in [4.69, 9.17) is 0 Å². The Morgan fingerprint density at radius 1 is 1.32 bits per heavy atom. The average Bonchev–Trinajstić information content (AvgIpc) is 3.01. The average molecular weight is 268 g/mol. The number of aliphatic hydroxyl groups is 1. The van der Waals surface area contributed by atoms with Crippen LogP contribution in [0.3, 0.4) is 0 Å². The molecule has 4 unspecified atom stereocenters. The lowest BCUT2D eigenvalue weighted by Crippen LogP contribution is -2.37. The highest BCUT2D eigenvalue weighted by Gasteiger charge is 2.39. The predicted molar refractivity (Wildman–Crippen MR) is 80.2 cm³/mol. The van der Waals surface area contributed by atoms with Gasteiger partial charge in [-0.3, -0.25) is 0 Å². The summed E-state index contributed by atoms with van der Waals surface area (Å²) >= 11 is 0. The third kappa shape index (κ3) is 4.44. The van der Waals surface area contributed by atoms with Gasteiger partial charge in [-0.1, -0.05) is 13.3 Å². The normalized spacial score (nSPS) is 31.3. The molecular weight excluding hydrogens is 236 g/mol. The van der Waals surface area contributed by atoms with Crippen LogP contribution in [0.15, 0.2) is 0 Å². The first-order valence-electron chi connectivity index (χ1n) is 8.25. The van der Waals surface area contributed by atoms with Crippen LogP contribution < -0.4 is 5.32 Å². The van der Waals surface area contributed by atoms with Gasteiger partial charge in [0.1, 0.15) is 0 Å². The Balaban J connectivity index is 1.62. The second-order valence-corrected chi connectivity index (χ2v) is 6.82. The second-order valence-electron chi connectivity index (χ2n) is 6.82. The molecule has 2 N–H and O–H groups in total. The van der Waals surface area contributed by atoms with Gasteiger partial charge in [0.05, 0.1) is 6.61 Å². The molecule has 2 fully saturated rings. The first kappa shape index (κ1) is 15.3. The SMILES string of the molecule is CCCNC(CO)CCN(C)CC1CC2CCC1C2. The van der Waals surface area contributed by atoms with Gasteiger partial charge in [0.2, 0.25) is 0 Å². The zero-order chi connectivity index (χ0) is 13.7. The number of aliphatic hydroxyl groups excluding tert-OH is 1. The van der Waals surface area contributed by atoms with Crippen molar-refractivity contribution in [3.05, 3.63) is 0 Å². The molecule has 0 saturated heterocycles. The minimum absolute atomic E-state index is 0.266. The van der Waals surface area contributed by atoms with E-state index in [-0.39, 0.29) is 12.6 Å². The van der Waals surface area contributed by atoms with Gasteiger partial charge in [0.15, 0.2) is 0 Å². The number of rotatable bonds is 9. The van der Waals surface area contributed by atoms with Crippen molar-refractivity contribution in [2.45, 2.75) is 51.5 Å². The Kier molecular flexibility index (Phi) is 6.11. The molecule has 2 aliphatic rings. The monoisotopic (exact) mass is 268 g/mol. The number of hydrogen-bond acceptors (Lipinski definition) is 3. The molecule has 2 aliphatic carbocycles. The molecule has 0 aromatic rings. The van der Waals surface area contributed by atoms with Gasteiger partial charge in [0, 0.05) is 12.6 Å². The lowest BCUT2D eigenvalue weighted by molar-refractivity contribution is 0.191. The second kappa shape index (κ2) is 7.61. The van der Waals surface area contributed by atoms with Crippen molar-refractivity contribution in [3.8, 4) is 0 Å². The van der Waals surface area contributed by atoms with E-state index in [9.17, 15) is 5.11 Å². The molecule has 2 saturated carbocycles. The Morgan fingerprint density at radius 2 is 2.16 bits per heavy atom. The van der Waals surface area contributed by atoms with Crippen LogP contribution in [0.2, 0.25) is 0 Å². The van der Waals surface area contributed by atoms with E-state index in [2.05, 4.69) is 24.2 Å². The summed E-state index contributed by atoms with van der Waals surface area (Å²) in [5.74, 6) is 3.04. The van der Waals surface area contributed by atoms with Crippen molar-refractivity contribution >= 4 is 0 Å². The predicted octanol–water partition coefficient (Wildman–Crippen LogP) is 2.10. The van der Waals surface area contributed by atoms with Crippen molar-refractivity contribution in [3.63, 3.8) is 0 Å². The molecule has 4 atom stereocenters. The van der Waals surface area contributed by atoms with Gasteiger partial charge in [0.25, 0.3) is 0 Å². The van der Waals surface area contributed by atoms with E-state index in [0.29, 0.717) is 0 Å². The maximum absolute atomic E-state index is 9.35. The van der Waals surface area contributed by atoms with Crippen LogP contribution in [0.1, 0.15) is 45.4 Å². The molecule has 112 valence electrons. The summed E-state index contributed by atoms with van der Waals surface area (Å²) in [4.78, 5) is 2.49. The topological polar surface area (TPSA) is 35.5 Å². The minimum atomic E-state index is 0.266. The molecule has 0 spiro atoms. The van der Waals surface area contributed by atoms with E-state index in [1.165, 1.54) is 32.2 Å². The van der Waals surface area contributed by atoms with Gasteiger partial charge in [-0.05, 0) is 70.0 Å². The van der Waals surface area contributed by atoms with Crippen LogP contribution in [0.25, 0.3) is 0 Å². The first-order valence-corrected chi connectivity index (χ1v) is 8.25. The molecule has 2 bridgehead atoms. The van der Waals surface area contributed by atoms with Gasteiger partial charge < -0.3 is 15.3 Å². The van der Waals surface area contributed by atoms with Crippen molar-refractivity contribution in [2.75, 3.05) is 33.3 Å². The molecule has 0 aliphatic heterocycles. The molecule has 2 rings (SSSR count). The number of fused-ring (bicyclic) bond motifs is 2. The maximum Gasteiger partial charge on any atom is 0.0585 e. The van der Waals surface area contributed by atoms with Crippen LogP contribution in [0.4, 0.5) is 0 Å². The van der Waals surface area contributed by atoms with Gasteiger partial charge in [-0.15, -0.1) is 0 Å². The Morgan fingerprint density at radius 3 is 2.74 bits per heavy atom. The fraction of sp³-hybridized carbons (Fsp3) is 1.00. The summed E-state index contributed by atoms with van der Waals surface area (Å²) in [6, 6.07) is 0.280. The molecule has 3 heteroatoms. The van der Waals surface area contributed by atoms with E-state index in [1.54, 1.807) is 0 Å². The van der Waals surface area contributed by atoms with Gasteiger partial charge in [-0.2, -0.15) is 0 Å². The molecule has 0 aromatic heterocycles. The Bertz CT molecular complexity index is 259. The van der Waals surface area contributed by atoms with E-state index in [0.717, 1.165) is 43.7 Å². The summed E-state index contributed by atoms with van der Waals surface area (Å²) in [6.07, 6.45) is 8.17. The van der Waals surface area contributed by atoms with Crippen molar-refractivity contribution in [1.29, 1.82) is 0 Å². The quantitative estimate of drug-likeness (QED) is 0.672. The number of nitrogens with zero attached hydrogens (tertiary/aromatic N) is 1. The standard InChI is InChI=1S/C16H32N2O/c1-3-7-17-16(12-19)6-8-18(2)11-15-10-13-4-5-14(15)9-13/h13-17,19H,3-12H2,1-2H3. The summed E-state index contributed by atoms with van der Waals surface area (Å²) in [5, 5.41) is 12.8. The Labute approximate surface area is 118 Å². The number of hydrogen-bond donors (Lipinski definition) is 2. The highest BCUT2D eigenvalue weighted by molar-refractivity contribution is 4.91. The van der Waals surface area contributed by atoms with Crippen molar-refractivity contribution < 1.29 is 5.11 Å². The molecule has 0 heterocycles. The van der Waals surface area contributed by atoms with Gasteiger partial charge in [-0.25, -0.2) is 0 Å². The van der Waals surface area contributed by atoms with Crippen molar-refractivity contribution in [1.82, 2.24) is 10.2 Å². The largest absolute Gasteiger partial charge is 0.395 e. The third-order valence-electron chi connectivity index (χ3n) is 5.19. The van der Waals surface area contributed by atoms with Crippen LogP contribution in [0, 0.1) is 17.8 Å². The molecule has 0 aromatic carbocycles. The highest BCUT2D eigenvalue weighted by Crippen LogP contribution is 2.48. The zero-order valence-corrected chi connectivity index (χ0v) is 12.8. The lowest BCUT2D eigenvalue weighted by atomic mass is 9.88. The lowest BCUT2D eigenvalue weighted by Gasteiger charge is -2.28. The molecule has 0 amide bonds. The summed E-state index contributed by atoms with van der Waals surface area (Å²) in [5.41, 5.74) is 0. The smallest absolute Gasteiger partial charge is 0.0585 e. The fourth-order valence-electron chi connectivity index (χ4n) is 4.07. The minimum Gasteiger partial charge on any atom is -0.395 e. The fourth-order valence-corrected chi connectivity index (χ4v) is 4.07. The summed E-state index contributed by atoms with van der Waals surface area (Å²) in [7, 11) is 2.25. The molecule has 0 radical (unpaired) electrons. The van der Waals surface area contributed by atoms with E-state index < -0.39 is 0 Å². The van der Waals surface area contributed by atoms with E-state index in [1.807, 2.05) is 0 Å². The zero-order valence-electron chi connectivity index (χ0n) is 12.8.